The monoisotopic (exact) mass is 242 g/mol. The van der Waals surface area contributed by atoms with Crippen molar-refractivity contribution < 1.29 is 9.47 Å². The number of hydrogen-bond acceptors (Lipinski definition) is 2. The average molecular weight is 242 g/mol. The smallest absolute Gasteiger partial charge is 0.138 e. The lowest BCUT2D eigenvalue weighted by atomic mass is 10.3. The maximum absolute atomic E-state index is 5.63. The normalized spacial score (nSPS) is 24.0. The molecule has 0 aromatic heterocycles. The third kappa shape index (κ3) is 2.69. The Balaban J connectivity index is 2.03. The largest absolute Gasteiger partial charge is 0.360 e. The van der Waals surface area contributed by atoms with Crippen molar-refractivity contribution in [1.82, 2.24) is 0 Å². The Morgan fingerprint density at radius 3 is 1.50 bits per heavy atom. The van der Waals surface area contributed by atoms with Crippen LogP contribution in [0.4, 0.5) is 0 Å². The highest BCUT2D eigenvalue weighted by molar-refractivity contribution is 6.63. The molecule has 0 atom stereocenters. The summed E-state index contributed by atoms with van der Waals surface area (Å²) in [6.45, 7) is 0. The van der Waals surface area contributed by atoms with Gasteiger partial charge in [0, 0.05) is 14.2 Å². The molecule has 16 heavy (non-hydrogen) atoms. The van der Waals surface area contributed by atoms with Crippen LogP contribution >= 0.6 is 0 Å². The van der Waals surface area contributed by atoms with E-state index in [2.05, 4.69) is 0 Å². The Labute approximate surface area is 101 Å². The SMILES string of the molecule is COC(OC)[SiH](C1CCCC1)C1CCCC1. The van der Waals surface area contributed by atoms with Gasteiger partial charge in [0.05, 0.1) is 0 Å². The van der Waals surface area contributed by atoms with E-state index in [1.165, 1.54) is 51.4 Å². The molecule has 94 valence electrons. The summed E-state index contributed by atoms with van der Waals surface area (Å²) in [5, 5.41) is 0. The van der Waals surface area contributed by atoms with E-state index < -0.39 is 8.80 Å². The second-order valence-corrected chi connectivity index (χ2v) is 9.09. The molecular weight excluding hydrogens is 216 g/mol. The van der Waals surface area contributed by atoms with Crippen molar-refractivity contribution >= 4 is 8.80 Å². The lowest BCUT2D eigenvalue weighted by molar-refractivity contribution is -0.0493. The van der Waals surface area contributed by atoms with E-state index in [1.54, 1.807) is 0 Å². The molecule has 2 rings (SSSR count). The summed E-state index contributed by atoms with van der Waals surface area (Å²) < 4.78 is 11.3. The fourth-order valence-electron chi connectivity index (χ4n) is 3.92. The van der Waals surface area contributed by atoms with E-state index in [0.717, 1.165) is 11.1 Å². The zero-order valence-corrected chi connectivity index (χ0v) is 11.9. The van der Waals surface area contributed by atoms with Crippen LogP contribution < -0.4 is 0 Å². The minimum atomic E-state index is -0.898. The zero-order valence-electron chi connectivity index (χ0n) is 10.8. The second-order valence-electron chi connectivity index (χ2n) is 5.51. The molecule has 2 saturated carbocycles. The highest BCUT2D eigenvalue weighted by atomic mass is 28.3. The van der Waals surface area contributed by atoms with Crippen molar-refractivity contribution in [2.45, 2.75) is 68.4 Å². The van der Waals surface area contributed by atoms with Crippen molar-refractivity contribution in [1.29, 1.82) is 0 Å². The Bertz CT molecular complexity index is 175. The van der Waals surface area contributed by atoms with Crippen molar-refractivity contribution in [3.63, 3.8) is 0 Å². The van der Waals surface area contributed by atoms with Crippen LogP contribution in [0.2, 0.25) is 11.1 Å². The molecule has 2 fully saturated rings. The standard InChI is InChI=1S/C13H26O2Si/c1-14-13(15-2)16(11-7-3-4-8-11)12-9-5-6-10-12/h11-13,16H,3-10H2,1-2H3. The van der Waals surface area contributed by atoms with Crippen molar-refractivity contribution in [3.05, 3.63) is 0 Å². The van der Waals surface area contributed by atoms with Crippen LogP contribution in [-0.2, 0) is 9.47 Å². The lowest BCUT2D eigenvalue weighted by Gasteiger charge is -2.32. The summed E-state index contributed by atoms with van der Waals surface area (Å²) in [6, 6.07) is 0. The Morgan fingerprint density at radius 2 is 1.19 bits per heavy atom. The summed E-state index contributed by atoms with van der Waals surface area (Å²) in [6.07, 6.45) is 11.6. The number of hydrogen-bond donors (Lipinski definition) is 0. The van der Waals surface area contributed by atoms with Gasteiger partial charge in [0.15, 0.2) is 0 Å². The van der Waals surface area contributed by atoms with Gasteiger partial charge in [-0.3, -0.25) is 0 Å². The predicted octanol–water partition coefficient (Wildman–Crippen LogP) is 3.26. The molecule has 0 spiro atoms. The molecule has 0 aromatic rings. The van der Waals surface area contributed by atoms with Gasteiger partial charge in [0.2, 0.25) is 0 Å². The third-order valence-corrected chi connectivity index (χ3v) is 9.35. The van der Waals surface area contributed by atoms with Gasteiger partial charge in [-0.2, -0.15) is 0 Å². The molecule has 0 saturated heterocycles. The Morgan fingerprint density at radius 1 is 0.812 bits per heavy atom. The molecule has 2 aliphatic rings. The lowest BCUT2D eigenvalue weighted by Crippen LogP contribution is -2.41. The van der Waals surface area contributed by atoms with Gasteiger partial charge in [-0.25, -0.2) is 0 Å². The van der Waals surface area contributed by atoms with Crippen molar-refractivity contribution in [3.8, 4) is 0 Å². The van der Waals surface area contributed by atoms with Gasteiger partial charge in [0.1, 0.15) is 14.7 Å². The van der Waals surface area contributed by atoms with E-state index in [0.29, 0.717) is 0 Å². The highest BCUT2D eigenvalue weighted by Crippen LogP contribution is 2.44. The molecule has 0 bridgehead atoms. The van der Waals surface area contributed by atoms with Gasteiger partial charge in [-0.1, -0.05) is 51.4 Å². The molecule has 3 heteroatoms. The van der Waals surface area contributed by atoms with E-state index in [1.807, 2.05) is 14.2 Å². The van der Waals surface area contributed by atoms with Gasteiger partial charge >= 0.3 is 0 Å². The van der Waals surface area contributed by atoms with Crippen LogP contribution in [0.15, 0.2) is 0 Å². The summed E-state index contributed by atoms with van der Waals surface area (Å²) in [5.41, 5.74) is 1.99. The summed E-state index contributed by atoms with van der Waals surface area (Å²) in [7, 11) is 2.76. The Kier molecular flexibility index (Phi) is 4.86. The molecule has 0 aromatic carbocycles. The summed E-state index contributed by atoms with van der Waals surface area (Å²) in [4.78, 5) is 0. The van der Waals surface area contributed by atoms with Crippen LogP contribution in [0.1, 0.15) is 51.4 Å². The first kappa shape index (κ1) is 12.6. The molecule has 0 N–H and O–H groups in total. The van der Waals surface area contributed by atoms with E-state index in [-0.39, 0.29) is 5.91 Å². The van der Waals surface area contributed by atoms with Crippen LogP contribution in [-0.4, -0.2) is 28.9 Å². The van der Waals surface area contributed by atoms with Crippen LogP contribution in [0, 0.1) is 0 Å². The number of rotatable bonds is 5. The van der Waals surface area contributed by atoms with Gasteiger partial charge < -0.3 is 9.47 Å². The fraction of sp³-hybridized carbons (Fsp3) is 1.00. The maximum Gasteiger partial charge on any atom is 0.138 e. The van der Waals surface area contributed by atoms with Crippen molar-refractivity contribution in [2.24, 2.45) is 0 Å². The van der Waals surface area contributed by atoms with E-state index in [4.69, 9.17) is 9.47 Å². The molecule has 0 radical (unpaired) electrons. The highest BCUT2D eigenvalue weighted by Gasteiger charge is 2.40. The quantitative estimate of drug-likeness (QED) is 0.544. The average Bonchev–Trinajstić information content (AvgIpc) is 2.98. The van der Waals surface area contributed by atoms with Crippen LogP contribution in [0.3, 0.4) is 0 Å². The van der Waals surface area contributed by atoms with Gasteiger partial charge in [-0.05, 0) is 11.1 Å². The number of ether oxygens (including phenoxy) is 2. The molecule has 0 heterocycles. The summed E-state index contributed by atoms with van der Waals surface area (Å²) >= 11 is 0. The van der Waals surface area contributed by atoms with E-state index >= 15 is 0 Å². The van der Waals surface area contributed by atoms with E-state index in [9.17, 15) is 0 Å². The van der Waals surface area contributed by atoms with Crippen LogP contribution in [0.5, 0.6) is 0 Å². The zero-order chi connectivity index (χ0) is 11.4. The first-order chi connectivity index (χ1) is 7.86. The minimum absolute atomic E-state index is 0.172. The predicted molar refractivity (Wildman–Crippen MR) is 69.4 cm³/mol. The Hall–Kier alpha value is 0.137. The first-order valence-corrected chi connectivity index (χ1v) is 8.92. The first-order valence-electron chi connectivity index (χ1n) is 6.92. The third-order valence-electron chi connectivity index (χ3n) is 4.67. The molecule has 0 amide bonds. The second kappa shape index (κ2) is 6.17. The molecule has 0 aliphatic heterocycles. The van der Waals surface area contributed by atoms with Gasteiger partial charge in [-0.15, -0.1) is 0 Å². The maximum atomic E-state index is 5.63. The minimum Gasteiger partial charge on any atom is -0.360 e. The van der Waals surface area contributed by atoms with Crippen LogP contribution in [0.25, 0.3) is 0 Å². The van der Waals surface area contributed by atoms with Gasteiger partial charge in [0.25, 0.3) is 0 Å². The molecular formula is C13H26O2Si. The topological polar surface area (TPSA) is 18.5 Å². The molecule has 0 unspecified atom stereocenters. The molecule has 2 nitrogen and oxygen atoms in total. The molecule has 2 aliphatic carbocycles. The summed E-state index contributed by atoms with van der Waals surface area (Å²) in [5.74, 6) is 0.172. The number of methoxy groups -OCH3 is 2. The van der Waals surface area contributed by atoms with Crippen molar-refractivity contribution in [2.75, 3.05) is 14.2 Å². The fourth-order valence-corrected chi connectivity index (χ4v) is 8.69.